The van der Waals surface area contributed by atoms with Crippen molar-refractivity contribution in [3.05, 3.63) is 6.20 Å². The smallest absolute Gasteiger partial charge is 0.297 e. The number of aryl methyl sites for hydroxylation is 1. The molecule has 0 aliphatic rings. The Labute approximate surface area is 86.3 Å². The maximum Gasteiger partial charge on any atom is 0.301 e. The fraction of sp³-hybridized carbons (Fsp3) is 0.143. The highest BCUT2D eigenvalue weighted by Gasteiger charge is 2.19. The third-order valence-corrected chi connectivity index (χ3v) is 2.38. The molecule has 1 aromatic rings. The molecule has 0 fully saturated rings. The van der Waals surface area contributed by atoms with Gasteiger partial charge in [0.25, 0.3) is 0 Å². The standard InChI is InChI=1S/C7H8N4O3S/c1-3-6(12)9-7-5(15(8,13)14)4-11(2)10-7/h1,4H,2H3,(H2,8,13,14)(H,9,10,12). The molecule has 0 aliphatic heterocycles. The highest BCUT2D eigenvalue weighted by molar-refractivity contribution is 7.89. The molecular formula is C7H8N4O3S. The van der Waals surface area contributed by atoms with Crippen LogP contribution in [-0.2, 0) is 21.9 Å². The molecule has 1 aromatic heterocycles. The summed E-state index contributed by atoms with van der Waals surface area (Å²) in [6.45, 7) is 0. The number of primary sulfonamides is 1. The van der Waals surface area contributed by atoms with E-state index >= 15 is 0 Å². The van der Waals surface area contributed by atoms with Crippen molar-refractivity contribution in [2.45, 2.75) is 4.90 Å². The van der Waals surface area contributed by atoms with E-state index in [9.17, 15) is 13.2 Å². The van der Waals surface area contributed by atoms with E-state index in [-0.39, 0.29) is 10.7 Å². The largest absolute Gasteiger partial charge is 0.301 e. The highest BCUT2D eigenvalue weighted by Crippen LogP contribution is 2.16. The van der Waals surface area contributed by atoms with Gasteiger partial charge in [0.05, 0.1) is 0 Å². The van der Waals surface area contributed by atoms with Crippen LogP contribution in [0.3, 0.4) is 0 Å². The van der Waals surface area contributed by atoms with Crippen molar-refractivity contribution in [3.8, 4) is 12.3 Å². The number of hydrogen-bond acceptors (Lipinski definition) is 4. The van der Waals surface area contributed by atoms with Crippen LogP contribution >= 0.6 is 0 Å². The Balaban J connectivity index is 3.20. The maximum absolute atomic E-state index is 11.1. The second kappa shape index (κ2) is 3.72. The quantitative estimate of drug-likeness (QED) is 0.609. The van der Waals surface area contributed by atoms with Crippen LogP contribution in [0.4, 0.5) is 5.82 Å². The molecule has 3 N–H and O–H groups in total. The van der Waals surface area contributed by atoms with Gasteiger partial charge in [-0.3, -0.25) is 14.8 Å². The number of anilines is 1. The van der Waals surface area contributed by atoms with E-state index in [1.54, 1.807) is 5.92 Å². The third-order valence-electron chi connectivity index (χ3n) is 1.46. The SMILES string of the molecule is C#CC(=O)Nc1nn(C)cc1S(N)(=O)=O. The molecule has 1 rings (SSSR count). The van der Waals surface area contributed by atoms with E-state index < -0.39 is 15.9 Å². The molecule has 0 atom stereocenters. The lowest BCUT2D eigenvalue weighted by atomic mass is 10.5. The topological polar surface area (TPSA) is 107 Å². The zero-order chi connectivity index (χ0) is 11.6. The van der Waals surface area contributed by atoms with Crippen LogP contribution in [0.25, 0.3) is 0 Å². The number of terminal acetylenes is 1. The van der Waals surface area contributed by atoms with Gasteiger partial charge in [-0.2, -0.15) is 5.10 Å². The first-order valence-corrected chi connectivity index (χ1v) is 5.23. The van der Waals surface area contributed by atoms with Gasteiger partial charge in [0, 0.05) is 13.2 Å². The van der Waals surface area contributed by atoms with Gasteiger partial charge in [0.1, 0.15) is 4.90 Å². The lowest BCUT2D eigenvalue weighted by Crippen LogP contribution is -2.16. The van der Waals surface area contributed by atoms with E-state index in [0.717, 1.165) is 0 Å². The lowest BCUT2D eigenvalue weighted by molar-refractivity contribution is -0.111. The van der Waals surface area contributed by atoms with Crippen molar-refractivity contribution in [1.29, 1.82) is 0 Å². The number of nitrogens with one attached hydrogen (secondary N) is 1. The van der Waals surface area contributed by atoms with Crippen molar-refractivity contribution in [2.75, 3.05) is 5.32 Å². The van der Waals surface area contributed by atoms with Crippen LogP contribution in [0.2, 0.25) is 0 Å². The van der Waals surface area contributed by atoms with Crippen LogP contribution in [0, 0.1) is 12.3 Å². The number of nitrogens with two attached hydrogens (primary N) is 1. The molecule has 8 heteroatoms. The van der Waals surface area contributed by atoms with Crippen molar-refractivity contribution in [1.82, 2.24) is 9.78 Å². The number of rotatable bonds is 2. The van der Waals surface area contributed by atoms with Gasteiger partial charge >= 0.3 is 5.91 Å². The van der Waals surface area contributed by atoms with Gasteiger partial charge in [-0.1, -0.05) is 0 Å². The summed E-state index contributed by atoms with van der Waals surface area (Å²) < 4.78 is 23.3. The summed E-state index contributed by atoms with van der Waals surface area (Å²) >= 11 is 0. The van der Waals surface area contributed by atoms with Gasteiger partial charge in [-0.15, -0.1) is 6.42 Å². The molecule has 0 saturated carbocycles. The minimum atomic E-state index is -3.93. The third kappa shape index (κ3) is 2.55. The second-order valence-electron chi connectivity index (χ2n) is 2.66. The van der Waals surface area contributed by atoms with Gasteiger partial charge in [-0.05, 0) is 5.92 Å². The molecule has 0 aliphatic carbocycles. The molecule has 1 amide bonds. The lowest BCUT2D eigenvalue weighted by Gasteiger charge is -1.98. The van der Waals surface area contributed by atoms with Crippen molar-refractivity contribution < 1.29 is 13.2 Å². The number of aromatic nitrogens is 2. The number of carbonyl (C=O) groups is 1. The summed E-state index contributed by atoms with van der Waals surface area (Å²) in [6, 6.07) is 0. The minimum absolute atomic E-state index is 0.178. The average molecular weight is 228 g/mol. The molecule has 0 saturated heterocycles. The van der Waals surface area contributed by atoms with E-state index in [1.807, 2.05) is 0 Å². The average Bonchev–Trinajstić information content (AvgIpc) is 2.45. The number of hydrogen-bond donors (Lipinski definition) is 2. The molecule has 0 spiro atoms. The van der Waals surface area contributed by atoms with Gasteiger partial charge in [0.15, 0.2) is 5.82 Å². The first-order valence-electron chi connectivity index (χ1n) is 3.68. The number of carbonyl (C=O) groups excluding carboxylic acids is 1. The monoisotopic (exact) mass is 228 g/mol. The van der Waals surface area contributed by atoms with Crippen LogP contribution in [0.1, 0.15) is 0 Å². The second-order valence-corrected chi connectivity index (χ2v) is 4.19. The normalized spacial score (nSPS) is 10.7. The molecule has 15 heavy (non-hydrogen) atoms. The predicted octanol–water partition coefficient (Wildman–Crippen LogP) is -1.36. The van der Waals surface area contributed by atoms with E-state index in [0.29, 0.717) is 0 Å². The van der Waals surface area contributed by atoms with Crippen molar-refractivity contribution in [2.24, 2.45) is 12.2 Å². The van der Waals surface area contributed by atoms with Crippen LogP contribution in [-0.4, -0.2) is 24.1 Å². The molecule has 0 aromatic carbocycles. The maximum atomic E-state index is 11.1. The molecular weight excluding hydrogens is 220 g/mol. The summed E-state index contributed by atoms with van der Waals surface area (Å²) in [7, 11) is -2.45. The molecule has 0 radical (unpaired) electrons. The first-order chi connectivity index (χ1) is 6.84. The van der Waals surface area contributed by atoms with Crippen molar-refractivity contribution in [3.63, 3.8) is 0 Å². The minimum Gasteiger partial charge on any atom is -0.297 e. The molecule has 7 nitrogen and oxygen atoms in total. The highest BCUT2D eigenvalue weighted by atomic mass is 32.2. The van der Waals surface area contributed by atoms with Crippen molar-refractivity contribution >= 4 is 21.7 Å². The Morgan fingerprint density at radius 1 is 1.73 bits per heavy atom. The Morgan fingerprint density at radius 2 is 2.33 bits per heavy atom. The Hall–Kier alpha value is -1.85. The summed E-state index contributed by atoms with van der Waals surface area (Å²) in [5.41, 5.74) is 0. The van der Waals surface area contributed by atoms with Crippen LogP contribution < -0.4 is 10.5 Å². The number of amides is 1. The van der Waals surface area contributed by atoms with E-state index in [2.05, 4.69) is 10.4 Å². The van der Waals surface area contributed by atoms with Crippen LogP contribution in [0.5, 0.6) is 0 Å². The Kier molecular flexibility index (Phi) is 2.78. The van der Waals surface area contributed by atoms with Gasteiger partial charge in [0.2, 0.25) is 10.0 Å². The summed E-state index contributed by atoms with van der Waals surface area (Å²) in [5.74, 6) is 0.796. The molecule has 0 bridgehead atoms. The van der Waals surface area contributed by atoms with E-state index in [4.69, 9.17) is 11.6 Å². The van der Waals surface area contributed by atoms with Crippen LogP contribution in [0.15, 0.2) is 11.1 Å². The first kappa shape index (κ1) is 11.2. The Morgan fingerprint density at radius 3 is 2.80 bits per heavy atom. The fourth-order valence-corrected chi connectivity index (χ4v) is 1.57. The zero-order valence-corrected chi connectivity index (χ0v) is 8.58. The van der Waals surface area contributed by atoms with Gasteiger partial charge in [-0.25, -0.2) is 13.6 Å². The summed E-state index contributed by atoms with van der Waals surface area (Å²) in [6.07, 6.45) is 5.98. The summed E-state index contributed by atoms with van der Waals surface area (Å²) in [4.78, 5) is 10.6. The summed E-state index contributed by atoms with van der Waals surface area (Å²) in [5, 5.41) is 10.7. The Bertz CT molecular complexity index is 537. The number of sulfonamides is 1. The van der Waals surface area contributed by atoms with Gasteiger partial charge < -0.3 is 0 Å². The van der Waals surface area contributed by atoms with E-state index in [1.165, 1.54) is 17.9 Å². The zero-order valence-electron chi connectivity index (χ0n) is 7.76. The molecule has 0 unspecified atom stereocenters. The number of nitrogens with zero attached hydrogens (tertiary/aromatic N) is 2. The predicted molar refractivity (Wildman–Crippen MR) is 52.0 cm³/mol. The molecule has 80 valence electrons. The fourth-order valence-electron chi connectivity index (χ4n) is 0.905. The molecule has 1 heterocycles.